The van der Waals surface area contributed by atoms with Crippen molar-refractivity contribution in [3.63, 3.8) is 0 Å². The number of hydrogen-bond donors (Lipinski definition) is 2. The Morgan fingerprint density at radius 2 is 1.86 bits per heavy atom. The standard InChI is InChI=1S/C21H21FN4O2S/c1-29-21-18(17(28)7-4-14-2-5-16(22)6-3-14)20(24-12-13-27)25-19(26-21)15-8-10-23-11-9-15/h2-3,5-6,8-11,27H,4,7,12-13H2,1H3,(H,24,25,26). The fraction of sp³-hybridized carbons (Fsp3) is 0.238. The predicted molar refractivity (Wildman–Crippen MR) is 112 cm³/mol. The average molecular weight is 412 g/mol. The molecule has 29 heavy (non-hydrogen) atoms. The van der Waals surface area contributed by atoms with Gasteiger partial charge >= 0.3 is 0 Å². The first-order chi connectivity index (χ1) is 14.1. The molecule has 0 aliphatic heterocycles. The number of anilines is 1. The summed E-state index contributed by atoms with van der Waals surface area (Å²) in [5.74, 6) is 0.460. The monoisotopic (exact) mass is 412 g/mol. The van der Waals surface area contributed by atoms with Gasteiger partial charge in [-0.05, 0) is 42.5 Å². The summed E-state index contributed by atoms with van der Waals surface area (Å²) < 4.78 is 13.1. The number of rotatable bonds is 9. The number of hydrogen-bond acceptors (Lipinski definition) is 7. The summed E-state index contributed by atoms with van der Waals surface area (Å²) in [6.45, 7) is 0.172. The van der Waals surface area contributed by atoms with Gasteiger partial charge in [-0.3, -0.25) is 9.78 Å². The highest BCUT2D eigenvalue weighted by Crippen LogP contribution is 2.29. The van der Waals surface area contributed by atoms with Crippen molar-refractivity contribution in [2.75, 3.05) is 24.7 Å². The second kappa shape index (κ2) is 10.1. The topological polar surface area (TPSA) is 88.0 Å². The van der Waals surface area contributed by atoms with Crippen molar-refractivity contribution in [3.05, 3.63) is 65.7 Å². The molecule has 0 spiro atoms. The quantitative estimate of drug-likeness (QED) is 0.315. The maximum Gasteiger partial charge on any atom is 0.169 e. The Morgan fingerprint density at radius 1 is 1.14 bits per heavy atom. The van der Waals surface area contributed by atoms with E-state index in [1.807, 2.05) is 6.26 Å². The van der Waals surface area contributed by atoms with Crippen LogP contribution in [0.1, 0.15) is 22.3 Å². The van der Waals surface area contributed by atoms with Crippen molar-refractivity contribution in [1.82, 2.24) is 15.0 Å². The number of carbonyl (C=O) groups excluding carboxylic acids is 1. The molecule has 3 rings (SSSR count). The lowest BCUT2D eigenvalue weighted by Crippen LogP contribution is -2.15. The summed E-state index contributed by atoms with van der Waals surface area (Å²) in [6.07, 6.45) is 5.88. The van der Waals surface area contributed by atoms with Gasteiger partial charge in [0.05, 0.1) is 12.2 Å². The van der Waals surface area contributed by atoms with E-state index in [0.717, 1.165) is 11.1 Å². The molecular weight excluding hydrogens is 391 g/mol. The van der Waals surface area contributed by atoms with Crippen molar-refractivity contribution < 1.29 is 14.3 Å². The Hall–Kier alpha value is -2.84. The fourth-order valence-corrected chi connectivity index (χ4v) is 3.40. The normalized spacial score (nSPS) is 10.7. The number of aromatic nitrogens is 3. The largest absolute Gasteiger partial charge is 0.395 e. The molecule has 0 amide bonds. The van der Waals surface area contributed by atoms with E-state index >= 15 is 0 Å². The van der Waals surface area contributed by atoms with Gasteiger partial charge in [-0.2, -0.15) is 0 Å². The van der Waals surface area contributed by atoms with E-state index in [-0.39, 0.29) is 31.2 Å². The molecule has 8 heteroatoms. The van der Waals surface area contributed by atoms with Crippen LogP contribution in [0.4, 0.5) is 10.2 Å². The van der Waals surface area contributed by atoms with E-state index in [1.165, 1.54) is 23.9 Å². The van der Waals surface area contributed by atoms with Crippen molar-refractivity contribution in [1.29, 1.82) is 0 Å². The maximum atomic E-state index is 13.1. The number of carbonyl (C=O) groups is 1. The van der Waals surface area contributed by atoms with E-state index in [1.54, 1.807) is 36.7 Å². The highest BCUT2D eigenvalue weighted by molar-refractivity contribution is 7.98. The van der Waals surface area contributed by atoms with E-state index < -0.39 is 0 Å². The smallest absolute Gasteiger partial charge is 0.169 e. The van der Waals surface area contributed by atoms with Crippen LogP contribution in [0.3, 0.4) is 0 Å². The Balaban J connectivity index is 1.92. The van der Waals surface area contributed by atoms with E-state index in [4.69, 9.17) is 0 Å². The second-order valence-electron chi connectivity index (χ2n) is 6.22. The van der Waals surface area contributed by atoms with Crippen LogP contribution in [-0.2, 0) is 6.42 Å². The van der Waals surface area contributed by atoms with Crippen LogP contribution in [-0.4, -0.2) is 45.2 Å². The van der Waals surface area contributed by atoms with Crippen molar-refractivity contribution in [2.45, 2.75) is 17.9 Å². The maximum absolute atomic E-state index is 13.1. The summed E-state index contributed by atoms with van der Waals surface area (Å²) in [5.41, 5.74) is 2.07. The Kier molecular flexibility index (Phi) is 7.26. The SMILES string of the molecule is CSc1nc(-c2ccncc2)nc(NCCO)c1C(=O)CCc1ccc(F)cc1. The summed E-state index contributed by atoms with van der Waals surface area (Å²) in [4.78, 5) is 26.1. The molecule has 0 aliphatic carbocycles. The first kappa shape index (κ1) is 20.9. The minimum absolute atomic E-state index is 0.0909. The molecule has 0 aliphatic rings. The number of aryl methyl sites for hydroxylation is 1. The van der Waals surface area contributed by atoms with Gasteiger partial charge < -0.3 is 10.4 Å². The molecular formula is C21H21FN4O2S. The van der Waals surface area contributed by atoms with Gasteiger partial charge in [-0.25, -0.2) is 14.4 Å². The van der Waals surface area contributed by atoms with Gasteiger partial charge in [0.15, 0.2) is 11.6 Å². The predicted octanol–water partition coefficient (Wildman–Crippen LogP) is 3.62. The number of pyridine rings is 1. The molecule has 2 aromatic heterocycles. The number of halogens is 1. The van der Waals surface area contributed by atoms with Crippen LogP contribution >= 0.6 is 11.8 Å². The molecule has 2 heterocycles. The van der Waals surface area contributed by atoms with E-state index in [2.05, 4.69) is 20.3 Å². The second-order valence-corrected chi connectivity index (χ2v) is 7.01. The lowest BCUT2D eigenvalue weighted by Gasteiger charge is -2.14. The number of nitrogens with zero attached hydrogens (tertiary/aromatic N) is 3. The zero-order valence-corrected chi connectivity index (χ0v) is 16.7. The number of nitrogens with one attached hydrogen (secondary N) is 1. The minimum atomic E-state index is -0.305. The third-order valence-corrected chi connectivity index (χ3v) is 4.93. The number of thioether (sulfide) groups is 1. The Morgan fingerprint density at radius 3 is 2.52 bits per heavy atom. The van der Waals surface area contributed by atoms with Crippen LogP contribution < -0.4 is 5.32 Å². The number of aliphatic hydroxyl groups is 1. The van der Waals surface area contributed by atoms with E-state index in [9.17, 15) is 14.3 Å². The van der Waals surface area contributed by atoms with Crippen molar-refractivity contribution >= 4 is 23.4 Å². The molecule has 2 N–H and O–H groups in total. The molecule has 0 atom stereocenters. The Labute approximate surface area is 172 Å². The zero-order valence-electron chi connectivity index (χ0n) is 15.9. The molecule has 1 aromatic carbocycles. The Bertz CT molecular complexity index is 968. The molecule has 0 fully saturated rings. The number of Topliss-reactive ketones (excluding diaryl/α,β-unsaturated/α-hetero) is 1. The zero-order chi connectivity index (χ0) is 20.6. The molecule has 3 aromatic rings. The fourth-order valence-electron chi connectivity index (χ4n) is 2.81. The number of benzene rings is 1. The molecule has 0 saturated heterocycles. The number of ketones is 1. The molecule has 6 nitrogen and oxygen atoms in total. The summed E-state index contributed by atoms with van der Waals surface area (Å²) in [6, 6.07) is 9.71. The van der Waals surface area contributed by atoms with Gasteiger partial charge in [-0.15, -0.1) is 11.8 Å². The first-order valence-electron chi connectivity index (χ1n) is 9.11. The van der Waals surface area contributed by atoms with Gasteiger partial charge in [0.1, 0.15) is 16.7 Å². The van der Waals surface area contributed by atoms with Gasteiger partial charge in [0.2, 0.25) is 0 Å². The van der Waals surface area contributed by atoms with Crippen LogP contribution in [0.15, 0.2) is 53.8 Å². The number of aliphatic hydroxyl groups excluding tert-OH is 1. The van der Waals surface area contributed by atoms with Crippen molar-refractivity contribution in [2.24, 2.45) is 0 Å². The average Bonchev–Trinajstić information content (AvgIpc) is 2.77. The first-order valence-corrected chi connectivity index (χ1v) is 10.3. The van der Waals surface area contributed by atoms with Crippen LogP contribution in [0, 0.1) is 5.82 Å². The van der Waals surface area contributed by atoms with Crippen LogP contribution in [0.25, 0.3) is 11.4 Å². The molecule has 0 unspecified atom stereocenters. The molecule has 0 bridgehead atoms. The summed E-state index contributed by atoms with van der Waals surface area (Å²) in [7, 11) is 0. The van der Waals surface area contributed by atoms with Crippen LogP contribution in [0.5, 0.6) is 0 Å². The van der Waals surface area contributed by atoms with E-state index in [0.29, 0.717) is 28.7 Å². The highest BCUT2D eigenvalue weighted by atomic mass is 32.2. The lowest BCUT2D eigenvalue weighted by molar-refractivity contribution is 0.0979. The molecule has 0 radical (unpaired) electrons. The summed E-state index contributed by atoms with van der Waals surface area (Å²) >= 11 is 1.36. The third-order valence-electron chi connectivity index (χ3n) is 4.24. The molecule has 150 valence electrons. The van der Waals surface area contributed by atoms with Gasteiger partial charge in [-0.1, -0.05) is 12.1 Å². The minimum Gasteiger partial charge on any atom is -0.395 e. The third kappa shape index (κ3) is 5.36. The molecule has 0 saturated carbocycles. The highest BCUT2D eigenvalue weighted by Gasteiger charge is 2.21. The van der Waals surface area contributed by atoms with Crippen molar-refractivity contribution in [3.8, 4) is 11.4 Å². The lowest BCUT2D eigenvalue weighted by atomic mass is 10.0. The van der Waals surface area contributed by atoms with Gasteiger partial charge in [0, 0.05) is 30.9 Å². The summed E-state index contributed by atoms with van der Waals surface area (Å²) in [5, 5.41) is 12.8. The van der Waals surface area contributed by atoms with Crippen LogP contribution in [0.2, 0.25) is 0 Å². The van der Waals surface area contributed by atoms with Gasteiger partial charge in [0.25, 0.3) is 0 Å².